The fraction of sp³-hybridized carbons (Fsp3) is 0.400. The maximum Gasteiger partial charge on any atom is 0.335 e. The third kappa shape index (κ3) is 3.31. The Morgan fingerprint density at radius 1 is 1.08 bits per heavy atom. The van der Waals surface area contributed by atoms with Gasteiger partial charge in [0.15, 0.2) is 0 Å². The number of aromatic carboxylic acids is 1. The summed E-state index contributed by atoms with van der Waals surface area (Å²) < 4.78 is 28.6. The molecule has 0 saturated carbocycles. The van der Waals surface area contributed by atoms with Crippen molar-refractivity contribution in [3.63, 3.8) is 0 Å². The fourth-order valence-corrected chi connectivity index (χ4v) is 4.34. The molecule has 2 heterocycles. The molecule has 128 valence electrons. The molecule has 0 radical (unpaired) electrons. The Kier molecular flexibility index (Phi) is 4.63. The highest BCUT2D eigenvalue weighted by molar-refractivity contribution is 7.89. The normalized spacial score (nSPS) is 16.7. The lowest BCUT2D eigenvalue weighted by atomic mass is 10.2. The minimum Gasteiger partial charge on any atom is -0.478 e. The first kappa shape index (κ1) is 16.6. The van der Waals surface area contributed by atoms with Crippen LogP contribution < -0.4 is 0 Å². The van der Waals surface area contributed by atoms with Gasteiger partial charge >= 0.3 is 5.97 Å². The monoisotopic (exact) mass is 350 g/mol. The SMILES string of the molecule is O=C(O)c1cc(-n2cncn2)cc(S(=O)(=O)N2CCCCCC2)c1. The van der Waals surface area contributed by atoms with E-state index >= 15 is 0 Å². The molecule has 1 aliphatic rings. The second-order valence-corrected chi connectivity index (χ2v) is 7.62. The van der Waals surface area contributed by atoms with Crippen LogP contribution >= 0.6 is 0 Å². The lowest BCUT2D eigenvalue weighted by molar-refractivity contribution is 0.0696. The molecular weight excluding hydrogens is 332 g/mol. The summed E-state index contributed by atoms with van der Waals surface area (Å²) >= 11 is 0. The summed E-state index contributed by atoms with van der Waals surface area (Å²) in [5.41, 5.74) is 0.247. The van der Waals surface area contributed by atoms with Crippen LogP contribution in [-0.2, 0) is 10.0 Å². The molecule has 9 heteroatoms. The van der Waals surface area contributed by atoms with Crippen molar-refractivity contribution in [2.24, 2.45) is 0 Å². The molecule has 0 aliphatic carbocycles. The average Bonchev–Trinajstić information content (AvgIpc) is 2.96. The van der Waals surface area contributed by atoms with Crippen molar-refractivity contribution in [1.82, 2.24) is 19.1 Å². The van der Waals surface area contributed by atoms with Crippen molar-refractivity contribution < 1.29 is 18.3 Å². The van der Waals surface area contributed by atoms with Gasteiger partial charge in [-0.2, -0.15) is 9.40 Å². The van der Waals surface area contributed by atoms with Crippen molar-refractivity contribution in [2.45, 2.75) is 30.6 Å². The summed E-state index contributed by atoms with van der Waals surface area (Å²) in [4.78, 5) is 15.2. The Morgan fingerprint density at radius 2 is 1.79 bits per heavy atom. The van der Waals surface area contributed by atoms with Gasteiger partial charge in [-0.25, -0.2) is 22.9 Å². The number of benzene rings is 1. The van der Waals surface area contributed by atoms with E-state index in [0.29, 0.717) is 18.8 Å². The standard InChI is InChI=1S/C15H18N4O4S/c20-15(21)12-7-13(19-11-16-10-17-19)9-14(8-12)24(22,23)18-5-3-1-2-4-6-18/h7-11H,1-6H2,(H,20,21). The molecule has 0 spiro atoms. The van der Waals surface area contributed by atoms with E-state index in [9.17, 15) is 18.3 Å². The molecule has 1 aromatic heterocycles. The topological polar surface area (TPSA) is 105 Å². The number of carbonyl (C=O) groups is 1. The smallest absolute Gasteiger partial charge is 0.335 e. The van der Waals surface area contributed by atoms with Gasteiger partial charge in [-0.1, -0.05) is 12.8 Å². The molecular formula is C15H18N4O4S. The van der Waals surface area contributed by atoms with Crippen LogP contribution in [0.4, 0.5) is 0 Å². The summed E-state index contributed by atoms with van der Waals surface area (Å²) in [6.07, 6.45) is 6.33. The average molecular weight is 350 g/mol. The van der Waals surface area contributed by atoms with Crippen LogP contribution in [-0.4, -0.2) is 51.7 Å². The van der Waals surface area contributed by atoms with Gasteiger partial charge in [0.25, 0.3) is 0 Å². The Morgan fingerprint density at radius 3 is 2.38 bits per heavy atom. The zero-order valence-corrected chi connectivity index (χ0v) is 13.8. The van der Waals surface area contributed by atoms with Gasteiger partial charge in [-0.05, 0) is 31.0 Å². The number of hydrogen-bond donors (Lipinski definition) is 1. The number of hydrogen-bond acceptors (Lipinski definition) is 5. The minimum absolute atomic E-state index is 0.0326. The van der Waals surface area contributed by atoms with Crippen LogP contribution in [0.15, 0.2) is 35.7 Å². The number of aromatic nitrogens is 3. The van der Waals surface area contributed by atoms with Gasteiger partial charge < -0.3 is 5.11 Å². The van der Waals surface area contributed by atoms with Crippen LogP contribution in [0, 0.1) is 0 Å². The van der Waals surface area contributed by atoms with E-state index < -0.39 is 16.0 Å². The van der Waals surface area contributed by atoms with Gasteiger partial charge in [0.1, 0.15) is 12.7 Å². The van der Waals surface area contributed by atoms with Crippen molar-refractivity contribution in [2.75, 3.05) is 13.1 Å². The molecule has 0 amide bonds. The molecule has 2 aromatic rings. The second-order valence-electron chi connectivity index (χ2n) is 5.68. The number of nitrogens with zero attached hydrogens (tertiary/aromatic N) is 4. The predicted octanol–water partition coefficient (Wildman–Crippen LogP) is 1.53. The molecule has 1 aliphatic heterocycles. The molecule has 0 unspecified atom stereocenters. The Labute approximate surface area is 139 Å². The zero-order valence-electron chi connectivity index (χ0n) is 13.0. The van der Waals surface area contributed by atoms with E-state index in [1.807, 2.05) is 0 Å². The van der Waals surface area contributed by atoms with Gasteiger partial charge in [0.05, 0.1) is 16.1 Å². The quantitative estimate of drug-likeness (QED) is 0.896. The molecule has 8 nitrogen and oxygen atoms in total. The predicted molar refractivity (Wildman–Crippen MR) is 85.5 cm³/mol. The molecule has 1 aromatic carbocycles. The van der Waals surface area contributed by atoms with Gasteiger partial charge in [-0.15, -0.1) is 0 Å². The molecule has 1 N–H and O–H groups in total. The number of carboxylic acids is 1. The van der Waals surface area contributed by atoms with Crippen LogP contribution in [0.25, 0.3) is 5.69 Å². The Balaban J connectivity index is 2.07. The molecule has 24 heavy (non-hydrogen) atoms. The highest BCUT2D eigenvalue weighted by Gasteiger charge is 2.27. The number of sulfonamides is 1. The molecule has 0 atom stereocenters. The Hall–Kier alpha value is -2.26. The van der Waals surface area contributed by atoms with Crippen molar-refractivity contribution in [3.8, 4) is 5.69 Å². The summed E-state index contributed by atoms with van der Waals surface area (Å²) in [5.74, 6) is -1.19. The maximum atomic E-state index is 12.9. The first-order valence-corrected chi connectivity index (χ1v) is 9.16. The van der Waals surface area contributed by atoms with E-state index in [2.05, 4.69) is 10.1 Å². The summed E-state index contributed by atoms with van der Waals surface area (Å²) in [6, 6.07) is 4.00. The van der Waals surface area contributed by atoms with E-state index in [4.69, 9.17) is 0 Å². The highest BCUT2D eigenvalue weighted by Crippen LogP contribution is 2.24. The van der Waals surface area contributed by atoms with Gasteiger partial charge in [0, 0.05) is 13.1 Å². The largest absolute Gasteiger partial charge is 0.478 e. The van der Waals surface area contributed by atoms with E-state index in [-0.39, 0.29) is 10.5 Å². The van der Waals surface area contributed by atoms with Crippen LogP contribution in [0.2, 0.25) is 0 Å². The Bertz CT molecular complexity index is 825. The molecule has 0 bridgehead atoms. The van der Waals surface area contributed by atoms with Gasteiger partial charge in [0.2, 0.25) is 10.0 Å². The molecule has 1 fully saturated rings. The van der Waals surface area contributed by atoms with Crippen LogP contribution in [0.1, 0.15) is 36.0 Å². The summed E-state index contributed by atoms with van der Waals surface area (Å²) in [7, 11) is -3.75. The van der Waals surface area contributed by atoms with Crippen molar-refractivity contribution in [1.29, 1.82) is 0 Å². The van der Waals surface area contributed by atoms with Crippen LogP contribution in [0.3, 0.4) is 0 Å². The summed E-state index contributed by atoms with van der Waals surface area (Å²) in [5, 5.41) is 13.2. The second kappa shape index (κ2) is 6.70. The maximum absolute atomic E-state index is 12.9. The molecule has 3 rings (SSSR count). The fourth-order valence-electron chi connectivity index (χ4n) is 2.76. The summed E-state index contributed by atoms with van der Waals surface area (Å²) in [6.45, 7) is 0.913. The van der Waals surface area contributed by atoms with E-state index in [0.717, 1.165) is 25.7 Å². The van der Waals surface area contributed by atoms with Gasteiger partial charge in [-0.3, -0.25) is 0 Å². The lowest BCUT2D eigenvalue weighted by Crippen LogP contribution is -2.32. The number of carboxylic acid groups (broad SMARTS) is 1. The third-order valence-corrected chi connectivity index (χ3v) is 5.90. The van der Waals surface area contributed by atoms with Crippen molar-refractivity contribution in [3.05, 3.63) is 36.4 Å². The molecule has 1 saturated heterocycles. The minimum atomic E-state index is -3.75. The third-order valence-electron chi connectivity index (χ3n) is 4.02. The number of rotatable bonds is 4. The first-order chi connectivity index (χ1) is 11.5. The van der Waals surface area contributed by atoms with E-state index in [1.54, 1.807) is 0 Å². The zero-order chi connectivity index (χ0) is 17.2. The highest BCUT2D eigenvalue weighted by atomic mass is 32.2. The van der Waals surface area contributed by atoms with Crippen molar-refractivity contribution >= 4 is 16.0 Å². The first-order valence-electron chi connectivity index (χ1n) is 7.72. The lowest BCUT2D eigenvalue weighted by Gasteiger charge is -2.20. The van der Waals surface area contributed by atoms with Crippen LogP contribution in [0.5, 0.6) is 0 Å². The van der Waals surface area contributed by atoms with E-state index in [1.165, 1.54) is 39.8 Å².